The minimum Gasteiger partial charge on any atom is -0.343 e. The molecule has 25 heavy (non-hydrogen) atoms. The lowest BCUT2D eigenvalue weighted by atomic mass is 10.2. The molecule has 0 aliphatic heterocycles. The number of halogens is 1. The van der Waals surface area contributed by atoms with E-state index in [0.717, 1.165) is 0 Å². The third-order valence-electron chi connectivity index (χ3n) is 3.02. The number of carbonyl (C=O) groups excluding carboxylic acids is 2. The normalized spacial score (nSPS) is 10.4. The molecule has 2 aromatic rings. The van der Waals surface area contributed by atoms with Gasteiger partial charge in [0.05, 0.1) is 17.7 Å². The fourth-order valence-corrected chi connectivity index (χ4v) is 1.76. The average Bonchev–Trinajstić information content (AvgIpc) is 2.61. The molecule has 0 spiro atoms. The minimum absolute atomic E-state index is 0.135. The molecule has 128 valence electrons. The lowest BCUT2D eigenvalue weighted by Gasteiger charge is -2.04. The molecule has 2 aromatic carbocycles. The number of hydrogen-bond donors (Lipinski definition) is 2. The smallest absolute Gasteiger partial charge is 0.269 e. The van der Waals surface area contributed by atoms with Gasteiger partial charge in [0.2, 0.25) is 0 Å². The Morgan fingerprint density at radius 1 is 1.12 bits per heavy atom. The Morgan fingerprint density at radius 2 is 1.76 bits per heavy atom. The molecule has 0 bridgehead atoms. The van der Waals surface area contributed by atoms with Crippen LogP contribution < -0.4 is 10.7 Å². The average molecular weight is 344 g/mol. The number of nitrogens with one attached hydrogen (secondary N) is 2. The highest BCUT2D eigenvalue weighted by Gasteiger charge is 2.10. The first-order valence-electron chi connectivity index (χ1n) is 7.06. The second-order valence-electron chi connectivity index (χ2n) is 4.83. The Labute approximate surface area is 141 Å². The van der Waals surface area contributed by atoms with Crippen LogP contribution in [0.1, 0.15) is 15.9 Å². The molecule has 0 radical (unpaired) electrons. The first-order chi connectivity index (χ1) is 12.0. The van der Waals surface area contributed by atoms with Crippen LogP contribution >= 0.6 is 0 Å². The summed E-state index contributed by atoms with van der Waals surface area (Å²) in [5.74, 6) is -1.49. The van der Waals surface area contributed by atoms with E-state index < -0.39 is 16.7 Å². The monoisotopic (exact) mass is 344 g/mol. The molecule has 0 atom stereocenters. The number of nitro groups is 1. The van der Waals surface area contributed by atoms with Crippen molar-refractivity contribution in [3.63, 3.8) is 0 Å². The molecule has 0 saturated carbocycles. The number of benzene rings is 2. The Bertz CT molecular complexity index is 804. The SMILES string of the molecule is O=C(CNC(=O)c1ccc([N+](=O)[O-])cc1)N/N=C/c1ccc(F)cc1. The summed E-state index contributed by atoms with van der Waals surface area (Å²) in [6, 6.07) is 10.5. The number of nitrogens with zero attached hydrogens (tertiary/aromatic N) is 2. The van der Waals surface area contributed by atoms with Crippen LogP contribution in [0.4, 0.5) is 10.1 Å². The summed E-state index contributed by atoms with van der Waals surface area (Å²) in [7, 11) is 0. The quantitative estimate of drug-likeness (QED) is 0.471. The van der Waals surface area contributed by atoms with Crippen LogP contribution in [0, 0.1) is 15.9 Å². The summed E-state index contributed by atoms with van der Waals surface area (Å²) in [6.07, 6.45) is 1.33. The third kappa shape index (κ3) is 5.50. The van der Waals surface area contributed by atoms with E-state index in [1.54, 1.807) is 0 Å². The zero-order valence-corrected chi connectivity index (χ0v) is 12.8. The molecule has 0 heterocycles. The second-order valence-corrected chi connectivity index (χ2v) is 4.83. The molecule has 2 rings (SSSR count). The van der Waals surface area contributed by atoms with Crippen LogP contribution in [0.2, 0.25) is 0 Å². The van der Waals surface area contributed by atoms with Crippen molar-refractivity contribution in [3.8, 4) is 0 Å². The number of carbonyl (C=O) groups is 2. The Morgan fingerprint density at radius 3 is 2.36 bits per heavy atom. The third-order valence-corrected chi connectivity index (χ3v) is 3.02. The van der Waals surface area contributed by atoms with E-state index in [1.807, 2.05) is 0 Å². The van der Waals surface area contributed by atoms with E-state index in [4.69, 9.17) is 0 Å². The molecule has 0 unspecified atom stereocenters. The van der Waals surface area contributed by atoms with Crippen molar-refractivity contribution >= 4 is 23.7 Å². The summed E-state index contributed by atoms with van der Waals surface area (Å²) >= 11 is 0. The highest BCUT2D eigenvalue weighted by Crippen LogP contribution is 2.11. The fraction of sp³-hybridized carbons (Fsp3) is 0.0625. The highest BCUT2D eigenvalue weighted by molar-refractivity contribution is 5.96. The van der Waals surface area contributed by atoms with Gasteiger partial charge >= 0.3 is 0 Å². The zero-order chi connectivity index (χ0) is 18.2. The topological polar surface area (TPSA) is 114 Å². The minimum atomic E-state index is -0.575. The zero-order valence-electron chi connectivity index (χ0n) is 12.8. The van der Waals surface area contributed by atoms with E-state index in [0.29, 0.717) is 5.56 Å². The maximum atomic E-state index is 12.7. The molecule has 0 saturated heterocycles. The first-order valence-corrected chi connectivity index (χ1v) is 7.06. The van der Waals surface area contributed by atoms with Crippen molar-refractivity contribution < 1.29 is 18.9 Å². The number of non-ortho nitro benzene ring substituents is 1. The lowest BCUT2D eigenvalue weighted by molar-refractivity contribution is -0.384. The maximum absolute atomic E-state index is 12.7. The predicted molar refractivity (Wildman–Crippen MR) is 87.6 cm³/mol. The van der Waals surface area contributed by atoms with Crippen LogP contribution in [0.15, 0.2) is 53.6 Å². The number of nitro benzene ring substituents is 1. The first kappa shape index (κ1) is 17.7. The molecule has 8 nitrogen and oxygen atoms in total. The van der Waals surface area contributed by atoms with Gasteiger partial charge in [-0.3, -0.25) is 19.7 Å². The van der Waals surface area contributed by atoms with E-state index in [1.165, 1.54) is 54.7 Å². The lowest BCUT2D eigenvalue weighted by Crippen LogP contribution is -2.34. The van der Waals surface area contributed by atoms with Gasteiger partial charge in [-0.05, 0) is 29.8 Å². The molecule has 0 aliphatic carbocycles. The number of rotatable bonds is 6. The summed E-state index contributed by atoms with van der Waals surface area (Å²) in [6.45, 7) is -0.323. The van der Waals surface area contributed by atoms with Gasteiger partial charge in [-0.2, -0.15) is 5.10 Å². The molecule has 2 N–H and O–H groups in total. The fourth-order valence-electron chi connectivity index (χ4n) is 1.76. The van der Waals surface area contributed by atoms with Gasteiger partial charge in [0.25, 0.3) is 17.5 Å². The van der Waals surface area contributed by atoms with Crippen LogP contribution in [0.25, 0.3) is 0 Å². The van der Waals surface area contributed by atoms with E-state index >= 15 is 0 Å². The van der Waals surface area contributed by atoms with E-state index in [2.05, 4.69) is 15.8 Å². The van der Waals surface area contributed by atoms with Crippen LogP contribution in [0.3, 0.4) is 0 Å². The highest BCUT2D eigenvalue weighted by atomic mass is 19.1. The van der Waals surface area contributed by atoms with Crippen LogP contribution in [-0.2, 0) is 4.79 Å². The largest absolute Gasteiger partial charge is 0.343 e. The molecular weight excluding hydrogens is 331 g/mol. The van der Waals surface area contributed by atoms with Gasteiger partial charge < -0.3 is 5.32 Å². The van der Waals surface area contributed by atoms with Gasteiger partial charge in [-0.1, -0.05) is 12.1 Å². The Hall–Kier alpha value is -3.62. The molecular formula is C16H13FN4O4. The molecule has 0 aromatic heterocycles. The van der Waals surface area contributed by atoms with Crippen LogP contribution in [0.5, 0.6) is 0 Å². The van der Waals surface area contributed by atoms with Gasteiger partial charge in [-0.25, -0.2) is 9.82 Å². The van der Waals surface area contributed by atoms with Crippen molar-refractivity contribution in [3.05, 3.63) is 75.6 Å². The standard InChI is InChI=1S/C16H13FN4O4/c17-13-5-1-11(2-6-13)9-19-20-15(22)10-18-16(23)12-3-7-14(8-4-12)21(24)25/h1-9H,10H2,(H,18,23)(H,20,22)/b19-9+. The van der Waals surface area contributed by atoms with Crippen molar-refractivity contribution in [1.82, 2.24) is 10.7 Å². The maximum Gasteiger partial charge on any atom is 0.269 e. The van der Waals surface area contributed by atoms with Crippen LogP contribution in [-0.4, -0.2) is 29.5 Å². The summed E-state index contributed by atoms with van der Waals surface area (Å²) in [5, 5.41) is 16.6. The predicted octanol–water partition coefficient (Wildman–Crippen LogP) is 1.61. The second kappa shape index (κ2) is 8.29. The van der Waals surface area contributed by atoms with E-state index in [9.17, 15) is 24.1 Å². The molecule has 0 fully saturated rings. The van der Waals surface area contributed by atoms with Crippen molar-refractivity contribution in [2.75, 3.05) is 6.54 Å². The Balaban J connectivity index is 1.79. The molecule has 9 heteroatoms. The van der Waals surface area contributed by atoms with Gasteiger partial charge in [-0.15, -0.1) is 0 Å². The summed E-state index contributed by atoms with van der Waals surface area (Å²) < 4.78 is 12.7. The van der Waals surface area contributed by atoms with E-state index in [-0.39, 0.29) is 23.6 Å². The number of amides is 2. The van der Waals surface area contributed by atoms with Gasteiger partial charge in [0.1, 0.15) is 5.82 Å². The van der Waals surface area contributed by atoms with Crippen molar-refractivity contribution in [2.45, 2.75) is 0 Å². The van der Waals surface area contributed by atoms with Gasteiger partial charge in [0.15, 0.2) is 0 Å². The number of hydrazone groups is 1. The molecule has 2 amide bonds. The van der Waals surface area contributed by atoms with Crippen molar-refractivity contribution in [1.29, 1.82) is 0 Å². The summed E-state index contributed by atoms with van der Waals surface area (Å²) in [4.78, 5) is 33.4. The number of hydrogen-bond acceptors (Lipinski definition) is 5. The van der Waals surface area contributed by atoms with Crippen molar-refractivity contribution in [2.24, 2.45) is 5.10 Å². The van der Waals surface area contributed by atoms with Gasteiger partial charge in [0, 0.05) is 17.7 Å². The summed E-state index contributed by atoms with van der Waals surface area (Å²) in [5.41, 5.74) is 2.86. The molecule has 0 aliphatic rings. The Kier molecular flexibility index (Phi) is 5.88.